The number of amides is 3. The number of ether oxygens (including phenoxy) is 1. The molecule has 1 unspecified atom stereocenters. The van der Waals surface area contributed by atoms with Crippen LogP contribution in [-0.4, -0.2) is 53.3 Å². The topological polar surface area (TPSA) is 124 Å². The van der Waals surface area contributed by atoms with Gasteiger partial charge < -0.3 is 15.4 Å². The number of rotatable bonds is 8. The van der Waals surface area contributed by atoms with Gasteiger partial charge in [-0.15, -0.1) is 13.2 Å². The maximum Gasteiger partial charge on any atom is 0.573 e. The number of nitrogens with zero attached hydrogens (tertiary/aromatic N) is 5. The molecule has 11 nitrogen and oxygen atoms in total. The molecule has 3 heterocycles. The first-order valence-electron chi connectivity index (χ1n) is 13.6. The van der Waals surface area contributed by atoms with E-state index < -0.39 is 12.4 Å². The molecule has 44 heavy (non-hydrogen) atoms. The summed E-state index contributed by atoms with van der Waals surface area (Å²) in [6.45, 7) is 6.40. The molecule has 0 spiro atoms. The van der Waals surface area contributed by atoms with Crippen molar-refractivity contribution in [3.05, 3.63) is 71.9 Å². The van der Waals surface area contributed by atoms with Gasteiger partial charge in [0.1, 0.15) is 24.1 Å². The number of hydrogen-bond donors (Lipinski definition) is 3. The Bertz CT molecular complexity index is 1580. The van der Waals surface area contributed by atoms with Crippen molar-refractivity contribution in [1.29, 1.82) is 0 Å². The van der Waals surface area contributed by atoms with Gasteiger partial charge in [0.05, 0.1) is 35.6 Å². The average Bonchev–Trinajstić information content (AvgIpc) is 3.58. The maximum absolute atomic E-state index is 12.8. The number of aromatic nitrogens is 1. The molecule has 3 aromatic rings. The highest BCUT2D eigenvalue weighted by atomic mass is 32.2. The predicted molar refractivity (Wildman–Crippen MR) is 165 cm³/mol. The normalized spacial score (nSPS) is 17.6. The lowest BCUT2D eigenvalue weighted by Gasteiger charge is -2.22. The molecular weight excluding hydrogens is 597 g/mol. The van der Waals surface area contributed by atoms with Crippen LogP contribution in [0.3, 0.4) is 0 Å². The van der Waals surface area contributed by atoms with Crippen molar-refractivity contribution < 1.29 is 27.5 Å². The largest absolute Gasteiger partial charge is 0.573 e. The lowest BCUT2D eigenvalue weighted by Crippen LogP contribution is -2.40. The third-order valence-electron chi connectivity index (χ3n) is 6.50. The monoisotopic (exact) mass is 626 g/mol. The zero-order chi connectivity index (χ0) is 31.4. The van der Waals surface area contributed by atoms with Crippen molar-refractivity contribution in [2.24, 2.45) is 9.98 Å². The number of carbonyl (C=O) groups excluding carboxylic acids is 2. The molecule has 1 atom stereocenters. The Labute approximate surface area is 255 Å². The third-order valence-corrected chi connectivity index (χ3v) is 7.42. The standard InChI is InChI=1S/C29H29F3N8O3S/c1-17(2)22-10-4-18(3)12-23(22)40-26(41)15-44-28(40)37-27(42)36-19-5-11-24(33-13-19)34-14-25-35-16-39(38-25)20-6-8-21(9-7-20)43-29(30,31)32/h4-13,16-17,25,38H,14-15H2,1-3H3,(H,33,34)(H,36,42)/b37-28-. The number of aryl methyl sites for hydroxylation is 1. The quantitative estimate of drug-likeness (QED) is 0.284. The number of hydrogen-bond acceptors (Lipinski definition) is 9. The molecule has 0 aliphatic carbocycles. The summed E-state index contributed by atoms with van der Waals surface area (Å²) in [6, 6.07) is 14.0. The summed E-state index contributed by atoms with van der Waals surface area (Å²) in [7, 11) is 0. The van der Waals surface area contributed by atoms with Gasteiger partial charge in [-0.05, 0) is 66.4 Å². The second-order valence-corrected chi connectivity index (χ2v) is 11.1. The number of alkyl halides is 3. The van der Waals surface area contributed by atoms with Crippen molar-refractivity contribution in [3.8, 4) is 5.75 Å². The van der Waals surface area contributed by atoms with Crippen LogP contribution in [-0.2, 0) is 4.79 Å². The van der Waals surface area contributed by atoms with E-state index in [9.17, 15) is 22.8 Å². The van der Waals surface area contributed by atoms with E-state index >= 15 is 0 Å². The number of urea groups is 1. The number of nitrogens with one attached hydrogen (secondary N) is 3. The fourth-order valence-corrected chi connectivity index (χ4v) is 5.31. The summed E-state index contributed by atoms with van der Waals surface area (Å²) in [6.07, 6.45) is -2.11. The zero-order valence-electron chi connectivity index (χ0n) is 23.9. The minimum atomic E-state index is -4.75. The van der Waals surface area contributed by atoms with Crippen LogP contribution in [0.15, 0.2) is 70.8 Å². The van der Waals surface area contributed by atoms with Gasteiger partial charge in [0.2, 0.25) is 5.91 Å². The fourth-order valence-electron chi connectivity index (χ4n) is 4.45. The number of pyridine rings is 1. The van der Waals surface area contributed by atoms with Gasteiger partial charge in [-0.25, -0.2) is 15.2 Å². The lowest BCUT2D eigenvalue weighted by molar-refractivity contribution is -0.274. The molecule has 0 saturated carbocycles. The Morgan fingerprint density at radius 3 is 2.64 bits per heavy atom. The number of halogens is 3. The van der Waals surface area contributed by atoms with Crippen molar-refractivity contribution in [2.45, 2.75) is 39.2 Å². The van der Waals surface area contributed by atoms with Crippen LogP contribution in [0.1, 0.15) is 30.9 Å². The Hall–Kier alpha value is -4.63. The van der Waals surface area contributed by atoms with Gasteiger partial charge in [-0.3, -0.25) is 19.7 Å². The van der Waals surface area contributed by atoms with Gasteiger partial charge in [0, 0.05) is 0 Å². The summed E-state index contributed by atoms with van der Waals surface area (Å²) in [5.74, 6) is 0.451. The molecule has 15 heteroatoms. The van der Waals surface area contributed by atoms with Gasteiger partial charge >= 0.3 is 12.4 Å². The smallest absolute Gasteiger partial charge is 0.406 e. The lowest BCUT2D eigenvalue weighted by atomic mass is 9.99. The van der Waals surface area contributed by atoms with E-state index in [1.54, 1.807) is 17.1 Å². The fraction of sp³-hybridized carbons (Fsp3) is 0.276. The molecule has 2 aliphatic heterocycles. The van der Waals surface area contributed by atoms with Crippen LogP contribution in [0.2, 0.25) is 0 Å². The Morgan fingerprint density at radius 1 is 1.18 bits per heavy atom. The van der Waals surface area contributed by atoms with Gasteiger partial charge in [-0.2, -0.15) is 4.99 Å². The number of thioether (sulfide) groups is 1. The molecule has 3 N–H and O–H groups in total. The maximum atomic E-state index is 12.8. The van der Waals surface area contributed by atoms with Crippen LogP contribution in [0.25, 0.3) is 0 Å². The van der Waals surface area contributed by atoms with Gasteiger partial charge in [-0.1, -0.05) is 37.7 Å². The minimum Gasteiger partial charge on any atom is -0.406 e. The second kappa shape index (κ2) is 12.9. The molecule has 2 aliphatic rings. The molecule has 1 aromatic heterocycles. The first-order valence-corrected chi connectivity index (χ1v) is 14.5. The molecule has 0 bridgehead atoms. The molecule has 1 fully saturated rings. The van der Waals surface area contributed by atoms with Gasteiger partial charge in [0.25, 0.3) is 0 Å². The summed E-state index contributed by atoms with van der Waals surface area (Å²) in [4.78, 5) is 39.9. The number of amidine groups is 1. The SMILES string of the molecule is Cc1ccc(C(C)C)c(N2C(=O)CS/C2=N\C(=O)Nc2ccc(NCC3N=CN(c4ccc(OC(F)(F)F)cc4)N3)nc2)c1. The number of carbonyl (C=O) groups is 2. The van der Waals surface area contributed by atoms with Crippen LogP contribution in [0, 0.1) is 6.92 Å². The highest BCUT2D eigenvalue weighted by molar-refractivity contribution is 8.15. The van der Waals surface area contributed by atoms with Crippen LogP contribution >= 0.6 is 11.8 Å². The Morgan fingerprint density at radius 2 is 1.95 bits per heavy atom. The predicted octanol–water partition coefficient (Wildman–Crippen LogP) is 5.87. The van der Waals surface area contributed by atoms with Gasteiger partial charge in [0.15, 0.2) is 5.17 Å². The van der Waals surface area contributed by atoms with E-state index in [1.807, 2.05) is 39.0 Å². The molecule has 230 valence electrons. The zero-order valence-corrected chi connectivity index (χ0v) is 24.7. The van der Waals surface area contributed by atoms with E-state index in [0.29, 0.717) is 28.9 Å². The van der Waals surface area contributed by atoms with Crippen molar-refractivity contribution >= 4 is 58.1 Å². The van der Waals surface area contributed by atoms with E-state index in [4.69, 9.17) is 0 Å². The average molecular weight is 627 g/mol. The molecular formula is C29H29F3N8O3S. The summed E-state index contributed by atoms with van der Waals surface area (Å²) < 4.78 is 41.0. The van der Waals surface area contributed by atoms with Crippen molar-refractivity contribution in [1.82, 2.24) is 10.4 Å². The molecule has 0 radical (unpaired) electrons. The first kappa shape index (κ1) is 30.8. The first-order chi connectivity index (χ1) is 20.9. The highest BCUT2D eigenvalue weighted by Crippen LogP contribution is 2.34. The molecule has 1 saturated heterocycles. The van der Waals surface area contributed by atoms with Crippen molar-refractivity contribution in [2.75, 3.05) is 32.8 Å². The third kappa shape index (κ3) is 7.65. The number of benzene rings is 2. The van der Waals surface area contributed by atoms with Crippen molar-refractivity contribution in [3.63, 3.8) is 0 Å². The number of aliphatic imine (C=N–C) groups is 2. The molecule has 5 rings (SSSR count). The van der Waals surface area contributed by atoms with Crippen LogP contribution in [0.5, 0.6) is 5.75 Å². The summed E-state index contributed by atoms with van der Waals surface area (Å²) in [5.41, 5.74) is 6.83. The highest BCUT2D eigenvalue weighted by Gasteiger charge is 2.33. The van der Waals surface area contributed by atoms with Crippen LogP contribution in [0.4, 0.5) is 40.8 Å². The van der Waals surface area contributed by atoms with E-state index in [2.05, 4.69) is 35.8 Å². The number of anilines is 4. The van der Waals surface area contributed by atoms with Crippen LogP contribution < -0.4 is 30.7 Å². The summed E-state index contributed by atoms with van der Waals surface area (Å²) in [5, 5.41) is 7.72. The number of hydrazine groups is 1. The van der Waals surface area contributed by atoms with E-state index in [1.165, 1.54) is 53.5 Å². The molecule has 2 aromatic carbocycles. The minimum absolute atomic E-state index is 0.135. The van der Waals surface area contributed by atoms with E-state index in [-0.39, 0.29) is 29.5 Å². The molecule has 3 amide bonds. The second-order valence-electron chi connectivity index (χ2n) is 10.2. The summed E-state index contributed by atoms with van der Waals surface area (Å²) >= 11 is 1.21. The van der Waals surface area contributed by atoms with E-state index in [0.717, 1.165) is 16.8 Å². The Kier molecular flexibility index (Phi) is 9.06. The Balaban J connectivity index is 1.14.